The summed E-state index contributed by atoms with van der Waals surface area (Å²) in [6.45, 7) is 10.5. The second kappa shape index (κ2) is 3.21. The van der Waals surface area contributed by atoms with Gasteiger partial charge in [-0.25, -0.2) is 0 Å². The summed E-state index contributed by atoms with van der Waals surface area (Å²) < 4.78 is 0. The van der Waals surface area contributed by atoms with Crippen LogP contribution in [0.15, 0.2) is 12.2 Å². The lowest BCUT2D eigenvalue weighted by molar-refractivity contribution is 0.0112. The summed E-state index contributed by atoms with van der Waals surface area (Å²) in [5, 5.41) is 9.72. The fourth-order valence-electron chi connectivity index (χ4n) is 2.18. The molecule has 0 aromatic heterocycles. The Morgan fingerprint density at radius 1 is 1.58 bits per heavy atom. The number of aliphatic hydroxyl groups excluding tert-OH is 1. The molecular weight excluding hydrogens is 148 g/mol. The first-order chi connectivity index (χ1) is 5.48. The molecule has 0 saturated heterocycles. The second-order valence-corrected chi connectivity index (χ2v) is 4.45. The van der Waals surface area contributed by atoms with Crippen molar-refractivity contribution in [2.24, 2.45) is 11.3 Å². The van der Waals surface area contributed by atoms with Crippen molar-refractivity contribution in [2.75, 3.05) is 0 Å². The van der Waals surface area contributed by atoms with Gasteiger partial charge in [-0.2, -0.15) is 0 Å². The van der Waals surface area contributed by atoms with Crippen molar-refractivity contribution in [1.29, 1.82) is 0 Å². The van der Waals surface area contributed by atoms with Crippen LogP contribution in [0.1, 0.15) is 40.0 Å². The fourth-order valence-corrected chi connectivity index (χ4v) is 2.18. The van der Waals surface area contributed by atoms with Gasteiger partial charge in [0.15, 0.2) is 0 Å². The van der Waals surface area contributed by atoms with Gasteiger partial charge >= 0.3 is 0 Å². The normalized spacial score (nSPS) is 42.7. The Morgan fingerprint density at radius 3 is 2.58 bits per heavy atom. The molecule has 0 aromatic rings. The van der Waals surface area contributed by atoms with E-state index in [4.69, 9.17) is 0 Å². The number of hydrogen-bond acceptors (Lipinski definition) is 1. The molecule has 0 radical (unpaired) electrons. The van der Waals surface area contributed by atoms with Gasteiger partial charge in [-0.05, 0) is 37.5 Å². The molecule has 1 saturated carbocycles. The predicted molar refractivity (Wildman–Crippen MR) is 51.9 cm³/mol. The molecule has 1 N–H and O–H groups in total. The zero-order valence-corrected chi connectivity index (χ0v) is 8.43. The Labute approximate surface area is 75.5 Å². The van der Waals surface area contributed by atoms with Crippen LogP contribution in [0.5, 0.6) is 0 Å². The molecule has 1 aliphatic carbocycles. The second-order valence-electron chi connectivity index (χ2n) is 4.45. The van der Waals surface area contributed by atoms with E-state index in [9.17, 15) is 5.11 Å². The van der Waals surface area contributed by atoms with Crippen molar-refractivity contribution in [2.45, 2.75) is 46.1 Å². The third kappa shape index (κ3) is 1.42. The first-order valence-corrected chi connectivity index (χ1v) is 4.82. The van der Waals surface area contributed by atoms with Crippen molar-refractivity contribution in [3.05, 3.63) is 12.2 Å². The molecule has 0 bridgehead atoms. The van der Waals surface area contributed by atoms with Crippen LogP contribution in [0, 0.1) is 11.3 Å². The first-order valence-electron chi connectivity index (χ1n) is 4.82. The van der Waals surface area contributed by atoms with Gasteiger partial charge in [0.05, 0.1) is 6.10 Å². The van der Waals surface area contributed by atoms with Gasteiger partial charge in [-0.15, -0.1) is 0 Å². The van der Waals surface area contributed by atoms with E-state index in [1.807, 2.05) is 0 Å². The van der Waals surface area contributed by atoms with Gasteiger partial charge < -0.3 is 5.11 Å². The third-order valence-electron chi connectivity index (χ3n) is 3.75. The average molecular weight is 168 g/mol. The Balaban J connectivity index is 2.81. The van der Waals surface area contributed by atoms with Crippen molar-refractivity contribution in [3.8, 4) is 0 Å². The number of hydrogen-bond donors (Lipinski definition) is 1. The summed E-state index contributed by atoms with van der Waals surface area (Å²) in [7, 11) is 0. The number of rotatable bonds is 1. The Morgan fingerprint density at radius 2 is 2.17 bits per heavy atom. The molecule has 12 heavy (non-hydrogen) atoms. The highest BCUT2D eigenvalue weighted by molar-refractivity contribution is 5.10. The SMILES string of the molecule is C=C(C)C1(C)CCCC(O)C1C. The van der Waals surface area contributed by atoms with Crippen LogP contribution in [0.3, 0.4) is 0 Å². The maximum absolute atomic E-state index is 9.72. The average Bonchev–Trinajstić information content (AvgIpc) is 2.00. The molecular formula is C11H20O. The monoisotopic (exact) mass is 168 g/mol. The van der Waals surface area contributed by atoms with Crippen molar-refractivity contribution in [1.82, 2.24) is 0 Å². The smallest absolute Gasteiger partial charge is 0.0574 e. The van der Waals surface area contributed by atoms with E-state index in [-0.39, 0.29) is 11.5 Å². The van der Waals surface area contributed by atoms with Crippen LogP contribution in [0.2, 0.25) is 0 Å². The molecule has 1 heteroatoms. The Kier molecular flexibility index (Phi) is 2.62. The van der Waals surface area contributed by atoms with Crippen LogP contribution in [0.25, 0.3) is 0 Å². The van der Waals surface area contributed by atoms with E-state index in [1.54, 1.807) is 0 Å². The molecule has 1 aliphatic rings. The number of aliphatic hydroxyl groups is 1. The Hall–Kier alpha value is -0.300. The van der Waals surface area contributed by atoms with E-state index in [2.05, 4.69) is 27.4 Å². The van der Waals surface area contributed by atoms with Crippen LogP contribution >= 0.6 is 0 Å². The summed E-state index contributed by atoms with van der Waals surface area (Å²) in [6.07, 6.45) is 3.15. The zero-order chi connectivity index (χ0) is 9.35. The van der Waals surface area contributed by atoms with Gasteiger partial charge in [0, 0.05) is 0 Å². The van der Waals surface area contributed by atoms with Crippen LogP contribution in [-0.4, -0.2) is 11.2 Å². The maximum Gasteiger partial charge on any atom is 0.0574 e. The van der Waals surface area contributed by atoms with E-state index in [0.29, 0.717) is 5.92 Å². The lowest BCUT2D eigenvalue weighted by Gasteiger charge is -2.43. The zero-order valence-electron chi connectivity index (χ0n) is 8.43. The van der Waals surface area contributed by atoms with Crippen LogP contribution < -0.4 is 0 Å². The summed E-state index contributed by atoms with van der Waals surface area (Å²) in [5.41, 5.74) is 1.38. The van der Waals surface area contributed by atoms with Crippen molar-refractivity contribution >= 4 is 0 Å². The highest BCUT2D eigenvalue weighted by Crippen LogP contribution is 2.45. The van der Waals surface area contributed by atoms with E-state index >= 15 is 0 Å². The summed E-state index contributed by atoms with van der Waals surface area (Å²) in [4.78, 5) is 0. The van der Waals surface area contributed by atoms with Gasteiger partial charge in [0.1, 0.15) is 0 Å². The maximum atomic E-state index is 9.72. The highest BCUT2D eigenvalue weighted by Gasteiger charge is 2.38. The van der Waals surface area contributed by atoms with Crippen molar-refractivity contribution < 1.29 is 5.11 Å². The topological polar surface area (TPSA) is 20.2 Å². The minimum atomic E-state index is -0.125. The van der Waals surface area contributed by atoms with E-state index in [1.165, 1.54) is 12.0 Å². The molecule has 0 aromatic carbocycles. The van der Waals surface area contributed by atoms with Crippen molar-refractivity contribution in [3.63, 3.8) is 0 Å². The van der Waals surface area contributed by atoms with E-state index in [0.717, 1.165) is 12.8 Å². The molecule has 1 rings (SSSR count). The molecule has 0 amide bonds. The third-order valence-corrected chi connectivity index (χ3v) is 3.75. The summed E-state index contributed by atoms with van der Waals surface area (Å²) >= 11 is 0. The molecule has 1 fully saturated rings. The van der Waals surface area contributed by atoms with Crippen LogP contribution in [0.4, 0.5) is 0 Å². The van der Waals surface area contributed by atoms with Gasteiger partial charge in [0.25, 0.3) is 0 Å². The van der Waals surface area contributed by atoms with Gasteiger partial charge in [-0.3, -0.25) is 0 Å². The Bertz CT molecular complexity index is 185. The van der Waals surface area contributed by atoms with Crippen LogP contribution in [-0.2, 0) is 0 Å². The highest BCUT2D eigenvalue weighted by atomic mass is 16.3. The van der Waals surface area contributed by atoms with Gasteiger partial charge in [-0.1, -0.05) is 26.0 Å². The molecule has 0 aliphatic heterocycles. The summed E-state index contributed by atoms with van der Waals surface area (Å²) in [6, 6.07) is 0. The molecule has 0 spiro atoms. The lowest BCUT2D eigenvalue weighted by Crippen LogP contribution is -2.38. The molecule has 70 valence electrons. The first kappa shape index (κ1) is 9.79. The number of allylic oxidation sites excluding steroid dienone is 1. The summed E-state index contributed by atoms with van der Waals surface area (Å²) in [5.74, 6) is 0.365. The van der Waals surface area contributed by atoms with Gasteiger partial charge in [0.2, 0.25) is 0 Å². The fraction of sp³-hybridized carbons (Fsp3) is 0.818. The molecule has 1 nitrogen and oxygen atoms in total. The standard InChI is InChI=1S/C11H20O/c1-8(2)11(4)7-5-6-10(12)9(11)3/h9-10,12H,1,5-7H2,2-4H3. The minimum Gasteiger partial charge on any atom is -0.393 e. The molecule has 0 heterocycles. The largest absolute Gasteiger partial charge is 0.393 e. The molecule has 3 unspecified atom stereocenters. The quantitative estimate of drug-likeness (QED) is 0.597. The lowest BCUT2D eigenvalue weighted by atomic mass is 9.64. The predicted octanol–water partition coefficient (Wildman–Crippen LogP) is 2.75. The minimum absolute atomic E-state index is 0.125. The molecule has 3 atom stereocenters. The van der Waals surface area contributed by atoms with E-state index < -0.39 is 0 Å².